The second-order valence-corrected chi connectivity index (χ2v) is 5.51. The number of rotatable bonds is 7. The van der Waals surface area contributed by atoms with Crippen LogP contribution in [0.1, 0.15) is 12.5 Å². The van der Waals surface area contributed by atoms with E-state index in [1.165, 1.54) is 7.11 Å². The van der Waals surface area contributed by atoms with Gasteiger partial charge in [0.2, 0.25) is 0 Å². The summed E-state index contributed by atoms with van der Waals surface area (Å²) < 4.78 is 16.2. The molecule has 0 aromatic heterocycles. The average molecular weight is 365 g/mol. The molecule has 25 heavy (non-hydrogen) atoms. The molecule has 0 aliphatic heterocycles. The maximum absolute atomic E-state index is 12.1. The number of carbonyl (C=O) groups excluding carboxylic acids is 1. The van der Waals surface area contributed by atoms with Gasteiger partial charge in [-0.15, -0.1) is 0 Å². The maximum Gasteiger partial charge on any atom is 0.321 e. The highest BCUT2D eigenvalue weighted by molar-refractivity contribution is 6.31. The van der Waals surface area contributed by atoms with Crippen molar-refractivity contribution in [2.24, 2.45) is 0 Å². The molecule has 0 heterocycles. The molecule has 0 unspecified atom stereocenters. The molecule has 0 saturated heterocycles. The van der Waals surface area contributed by atoms with E-state index in [0.29, 0.717) is 34.6 Å². The lowest BCUT2D eigenvalue weighted by atomic mass is 10.2. The quantitative estimate of drug-likeness (QED) is 0.722. The minimum Gasteiger partial charge on any atom is -0.495 e. The number of para-hydroxylation sites is 2. The zero-order valence-electron chi connectivity index (χ0n) is 14.4. The first kappa shape index (κ1) is 18.7. The van der Waals surface area contributed by atoms with Gasteiger partial charge in [0.25, 0.3) is 0 Å². The van der Waals surface area contributed by atoms with E-state index in [1.54, 1.807) is 24.3 Å². The first-order valence-corrected chi connectivity index (χ1v) is 8.16. The molecule has 0 saturated carbocycles. The minimum absolute atomic E-state index is 0.00912. The predicted octanol–water partition coefficient (Wildman–Crippen LogP) is 4.21. The Morgan fingerprint density at radius 3 is 2.44 bits per heavy atom. The Kier molecular flexibility index (Phi) is 6.77. The maximum atomic E-state index is 12.1. The number of amides is 2. The van der Waals surface area contributed by atoms with Crippen molar-refractivity contribution in [3.63, 3.8) is 0 Å². The lowest BCUT2D eigenvalue weighted by molar-refractivity contribution is 0.229. The SMILES string of the molecule is CCOc1ccccc1OCNC(=O)Nc1cc(C)c(Cl)cc1OC. The Hall–Kier alpha value is -2.60. The lowest BCUT2D eigenvalue weighted by Gasteiger charge is -2.14. The van der Waals surface area contributed by atoms with E-state index in [-0.39, 0.29) is 6.73 Å². The van der Waals surface area contributed by atoms with Crippen molar-refractivity contribution in [2.75, 3.05) is 25.8 Å². The summed E-state index contributed by atoms with van der Waals surface area (Å²) in [5.74, 6) is 1.67. The van der Waals surface area contributed by atoms with Crippen LogP contribution in [0.25, 0.3) is 0 Å². The molecule has 0 aliphatic carbocycles. The summed E-state index contributed by atoms with van der Waals surface area (Å²) in [5.41, 5.74) is 1.36. The molecule has 2 N–H and O–H groups in total. The Balaban J connectivity index is 1.93. The summed E-state index contributed by atoms with van der Waals surface area (Å²) in [6.45, 7) is 4.26. The molecular formula is C18H21ClN2O4. The third-order valence-corrected chi connectivity index (χ3v) is 3.75. The summed E-state index contributed by atoms with van der Waals surface area (Å²) >= 11 is 6.05. The largest absolute Gasteiger partial charge is 0.495 e. The fourth-order valence-electron chi connectivity index (χ4n) is 2.12. The van der Waals surface area contributed by atoms with E-state index in [4.69, 9.17) is 25.8 Å². The normalized spacial score (nSPS) is 10.1. The fourth-order valence-corrected chi connectivity index (χ4v) is 2.27. The van der Waals surface area contributed by atoms with Gasteiger partial charge in [0.15, 0.2) is 18.2 Å². The second-order valence-electron chi connectivity index (χ2n) is 5.10. The smallest absolute Gasteiger partial charge is 0.321 e. The third kappa shape index (κ3) is 5.19. The highest BCUT2D eigenvalue weighted by atomic mass is 35.5. The number of anilines is 1. The molecule has 0 radical (unpaired) electrons. The molecule has 0 fully saturated rings. The first-order valence-electron chi connectivity index (χ1n) is 7.78. The van der Waals surface area contributed by atoms with Gasteiger partial charge >= 0.3 is 6.03 Å². The Labute approximate surface area is 152 Å². The number of aryl methyl sites for hydroxylation is 1. The Bertz CT molecular complexity index is 737. The van der Waals surface area contributed by atoms with E-state index >= 15 is 0 Å². The highest BCUT2D eigenvalue weighted by Gasteiger charge is 2.10. The van der Waals surface area contributed by atoms with E-state index in [2.05, 4.69) is 10.6 Å². The van der Waals surface area contributed by atoms with Crippen LogP contribution in [0.3, 0.4) is 0 Å². The van der Waals surface area contributed by atoms with E-state index < -0.39 is 6.03 Å². The van der Waals surface area contributed by atoms with Gasteiger partial charge in [0, 0.05) is 11.1 Å². The fraction of sp³-hybridized carbons (Fsp3) is 0.278. The van der Waals surface area contributed by atoms with Gasteiger partial charge in [-0.25, -0.2) is 4.79 Å². The van der Waals surface area contributed by atoms with Gasteiger partial charge in [-0.05, 0) is 37.6 Å². The van der Waals surface area contributed by atoms with E-state index in [0.717, 1.165) is 5.56 Å². The van der Waals surface area contributed by atoms with Crippen LogP contribution in [0.5, 0.6) is 17.2 Å². The summed E-state index contributed by atoms with van der Waals surface area (Å²) in [5, 5.41) is 5.90. The number of urea groups is 1. The van der Waals surface area contributed by atoms with Gasteiger partial charge in [-0.1, -0.05) is 23.7 Å². The zero-order valence-corrected chi connectivity index (χ0v) is 15.1. The van der Waals surface area contributed by atoms with Crippen LogP contribution in [0.4, 0.5) is 10.5 Å². The van der Waals surface area contributed by atoms with E-state index in [9.17, 15) is 4.79 Å². The second kappa shape index (κ2) is 9.03. The highest BCUT2D eigenvalue weighted by Crippen LogP contribution is 2.31. The van der Waals surface area contributed by atoms with Gasteiger partial charge in [-0.3, -0.25) is 0 Å². The van der Waals surface area contributed by atoms with Crippen LogP contribution in [0, 0.1) is 6.92 Å². The van der Waals surface area contributed by atoms with Crippen molar-refractivity contribution >= 4 is 23.3 Å². The van der Waals surface area contributed by atoms with Gasteiger partial charge in [-0.2, -0.15) is 0 Å². The number of hydrogen-bond acceptors (Lipinski definition) is 4. The number of halogens is 1. The molecule has 0 bridgehead atoms. The van der Waals surface area contributed by atoms with Crippen LogP contribution >= 0.6 is 11.6 Å². The zero-order chi connectivity index (χ0) is 18.2. The van der Waals surface area contributed by atoms with Crippen molar-refractivity contribution in [1.82, 2.24) is 5.32 Å². The summed E-state index contributed by atoms with van der Waals surface area (Å²) in [6.07, 6.45) is 0. The third-order valence-electron chi connectivity index (χ3n) is 3.34. The molecule has 0 atom stereocenters. The number of nitrogens with one attached hydrogen (secondary N) is 2. The molecule has 7 heteroatoms. The summed E-state index contributed by atoms with van der Waals surface area (Å²) in [7, 11) is 1.51. The molecule has 0 spiro atoms. The van der Waals surface area contributed by atoms with Crippen LogP contribution < -0.4 is 24.8 Å². The minimum atomic E-state index is -0.422. The van der Waals surface area contributed by atoms with Crippen LogP contribution in [0.2, 0.25) is 5.02 Å². The molecule has 6 nitrogen and oxygen atoms in total. The van der Waals surface area contributed by atoms with E-state index in [1.807, 2.05) is 26.0 Å². The molecule has 2 aromatic rings. The standard InChI is InChI=1S/C18H21ClN2O4/c1-4-24-15-7-5-6-8-16(15)25-11-20-18(22)21-14-9-12(2)13(19)10-17(14)23-3/h5-10H,4,11H2,1-3H3,(H2,20,21,22). The number of hydrogen-bond donors (Lipinski definition) is 2. The average Bonchev–Trinajstić information content (AvgIpc) is 2.59. The van der Waals surface area contributed by atoms with Crippen molar-refractivity contribution < 1.29 is 19.0 Å². The molecule has 0 aliphatic rings. The van der Waals surface area contributed by atoms with Gasteiger partial charge < -0.3 is 24.8 Å². The molecular weight excluding hydrogens is 344 g/mol. The van der Waals surface area contributed by atoms with Crippen LogP contribution in [-0.4, -0.2) is 26.5 Å². The van der Waals surface area contributed by atoms with Crippen molar-refractivity contribution in [3.05, 3.63) is 47.0 Å². The summed E-state index contributed by atoms with van der Waals surface area (Å²) in [4.78, 5) is 12.1. The summed E-state index contributed by atoms with van der Waals surface area (Å²) in [6, 6.07) is 10.2. The molecule has 2 amide bonds. The molecule has 2 aromatic carbocycles. The van der Waals surface area contributed by atoms with Crippen LogP contribution in [0.15, 0.2) is 36.4 Å². The lowest BCUT2D eigenvalue weighted by Crippen LogP contribution is -2.32. The van der Waals surface area contributed by atoms with Gasteiger partial charge in [0.1, 0.15) is 5.75 Å². The molecule has 2 rings (SSSR count). The molecule has 134 valence electrons. The monoisotopic (exact) mass is 364 g/mol. The topological polar surface area (TPSA) is 68.8 Å². The number of carbonyl (C=O) groups is 1. The Morgan fingerprint density at radius 2 is 1.80 bits per heavy atom. The number of methoxy groups -OCH3 is 1. The number of ether oxygens (including phenoxy) is 3. The number of benzene rings is 2. The van der Waals surface area contributed by atoms with Crippen molar-refractivity contribution in [3.8, 4) is 17.2 Å². The Morgan fingerprint density at radius 1 is 1.12 bits per heavy atom. The van der Waals surface area contributed by atoms with Crippen LogP contribution in [-0.2, 0) is 0 Å². The first-order chi connectivity index (χ1) is 12.0. The predicted molar refractivity (Wildman–Crippen MR) is 98.0 cm³/mol. The van der Waals surface area contributed by atoms with Crippen molar-refractivity contribution in [2.45, 2.75) is 13.8 Å². The van der Waals surface area contributed by atoms with Crippen molar-refractivity contribution in [1.29, 1.82) is 0 Å². The van der Waals surface area contributed by atoms with Gasteiger partial charge in [0.05, 0.1) is 19.4 Å².